The summed E-state index contributed by atoms with van der Waals surface area (Å²) in [6.07, 6.45) is 1.50. The van der Waals surface area contributed by atoms with E-state index in [0.29, 0.717) is 0 Å². The van der Waals surface area contributed by atoms with Crippen molar-refractivity contribution < 1.29 is 4.79 Å². The minimum absolute atomic E-state index is 0.293. The second kappa shape index (κ2) is 4.49. The monoisotopic (exact) mass is 233 g/mol. The molecular formula is C11H11N3OS. The maximum absolute atomic E-state index is 11.0. The van der Waals surface area contributed by atoms with E-state index in [4.69, 9.17) is 5.73 Å². The molecule has 2 rings (SSSR count). The quantitative estimate of drug-likeness (QED) is 0.645. The molecule has 1 amide bonds. The Hall–Kier alpha value is -1.62. The highest BCUT2D eigenvalue weighted by molar-refractivity contribution is 8.00. The molecule has 1 atom stereocenters. The van der Waals surface area contributed by atoms with Gasteiger partial charge in [0.2, 0.25) is 5.91 Å². The standard InChI is InChI=1S/C11H11N3OS/c1-7(10(12)15)16-11-8-4-2-3-5-9(8)13-6-14-11/h2-7H,1H3,(H2,12,15)/t7-/m0/s1. The lowest BCUT2D eigenvalue weighted by Crippen LogP contribution is -2.22. The molecule has 2 aromatic rings. The average Bonchev–Trinajstić information content (AvgIpc) is 2.29. The van der Waals surface area contributed by atoms with E-state index in [2.05, 4.69) is 9.97 Å². The summed E-state index contributed by atoms with van der Waals surface area (Å²) in [6.45, 7) is 1.77. The van der Waals surface area contributed by atoms with Gasteiger partial charge in [0.25, 0.3) is 0 Å². The van der Waals surface area contributed by atoms with E-state index < -0.39 is 0 Å². The van der Waals surface area contributed by atoms with Crippen molar-refractivity contribution in [2.75, 3.05) is 0 Å². The summed E-state index contributed by atoms with van der Waals surface area (Å²) < 4.78 is 0. The summed E-state index contributed by atoms with van der Waals surface area (Å²) in [6, 6.07) is 7.69. The Bertz CT molecular complexity index is 524. The van der Waals surface area contributed by atoms with Gasteiger partial charge >= 0.3 is 0 Å². The zero-order chi connectivity index (χ0) is 11.5. The Morgan fingerprint density at radius 1 is 1.38 bits per heavy atom. The molecule has 0 unspecified atom stereocenters. The number of thioether (sulfide) groups is 1. The van der Waals surface area contributed by atoms with Crippen LogP contribution in [0.15, 0.2) is 35.6 Å². The van der Waals surface area contributed by atoms with Crippen molar-refractivity contribution in [2.24, 2.45) is 5.73 Å². The van der Waals surface area contributed by atoms with Gasteiger partial charge in [-0.05, 0) is 13.0 Å². The van der Waals surface area contributed by atoms with Gasteiger partial charge < -0.3 is 5.73 Å². The normalized spacial score (nSPS) is 12.6. The lowest BCUT2D eigenvalue weighted by Gasteiger charge is -2.07. The highest BCUT2D eigenvalue weighted by atomic mass is 32.2. The lowest BCUT2D eigenvalue weighted by molar-refractivity contribution is -0.117. The first-order chi connectivity index (χ1) is 7.68. The van der Waals surface area contributed by atoms with Crippen molar-refractivity contribution in [3.8, 4) is 0 Å². The van der Waals surface area contributed by atoms with Gasteiger partial charge in [-0.25, -0.2) is 9.97 Å². The largest absolute Gasteiger partial charge is 0.369 e. The zero-order valence-electron chi connectivity index (χ0n) is 8.75. The van der Waals surface area contributed by atoms with Crippen LogP contribution in [-0.2, 0) is 4.79 Å². The van der Waals surface area contributed by atoms with Crippen molar-refractivity contribution in [3.05, 3.63) is 30.6 Å². The van der Waals surface area contributed by atoms with Gasteiger partial charge in [-0.3, -0.25) is 4.79 Å². The fourth-order valence-corrected chi connectivity index (χ4v) is 2.16. The second-order valence-corrected chi connectivity index (χ2v) is 4.69. The van der Waals surface area contributed by atoms with Crippen LogP contribution < -0.4 is 5.73 Å². The van der Waals surface area contributed by atoms with Crippen LogP contribution in [-0.4, -0.2) is 21.1 Å². The highest BCUT2D eigenvalue weighted by Gasteiger charge is 2.13. The summed E-state index contributed by atoms with van der Waals surface area (Å²) in [5.74, 6) is -0.340. The molecule has 1 aromatic heterocycles. The van der Waals surface area contributed by atoms with Crippen LogP contribution in [0.25, 0.3) is 10.9 Å². The zero-order valence-corrected chi connectivity index (χ0v) is 9.57. The number of nitrogens with two attached hydrogens (primary N) is 1. The number of amides is 1. The number of hydrogen-bond acceptors (Lipinski definition) is 4. The van der Waals surface area contributed by atoms with Gasteiger partial charge in [-0.15, -0.1) is 0 Å². The first kappa shape index (κ1) is 10.9. The number of carbonyl (C=O) groups is 1. The Labute approximate surface area is 97.3 Å². The van der Waals surface area contributed by atoms with Gasteiger partial charge in [0.05, 0.1) is 10.8 Å². The lowest BCUT2D eigenvalue weighted by atomic mass is 10.2. The van der Waals surface area contributed by atoms with Crippen molar-refractivity contribution in [2.45, 2.75) is 17.2 Å². The van der Waals surface area contributed by atoms with Crippen LogP contribution in [0.3, 0.4) is 0 Å². The van der Waals surface area contributed by atoms with Crippen LogP contribution in [0.2, 0.25) is 0 Å². The van der Waals surface area contributed by atoms with Crippen molar-refractivity contribution >= 4 is 28.6 Å². The number of nitrogens with zero attached hydrogens (tertiary/aromatic N) is 2. The fraction of sp³-hybridized carbons (Fsp3) is 0.182. The second-order valence-electron chi connectivity index (χ2n) is 3.36. The number of hydrogen-bond donors (Lipinski definition) is 1. The number of para-hydroxylation sites is 1. The van der Waals surface area contributed by atoms with Gasteiger partial charge in [0, 0.05) is 5.39 Å². The first-order valence-corrected chi connectivity index (χ1v) is 5.72. The summed E-state index contributed by atoms with van der Waals surface area (Å²) in [5.41, 5.74) is 6.10. The molecule has 0 radical (unpaired) electrons. The number of carbonyl (C=O) groups excluding carboxylic acids is 1. The maximum Gasteiger partial charge on any atom is 0.230 e. The van der Waals surface area contributed by atoms with Gasteiger partial charge in [-0.1, -0.05) is 30.0 Å². The minimum atomic E-state index is -0.340. The first-order valence-electron chi connectivity index (χ1n) is 4.84. The van der Waals surface area contributed by atoms with Crippen LogP contribution in [0.4, 0.5) is 0 Å². The van der Waals surface area contributed by atoms with Crippen molar-refractivity contribution in [1.82, 2.24) is 9.97 Å². The molecular weight excluding hydrogens is 222 g/mol. The molecule has 0 saturated carbocycles. The topological polar surface area (TPSA) is 68.9 Å². The fourth-order valence-electron chi connectivity index (χ4n) is 1.30. The number of primary amides is 1. The third kappa shape index (κ3) is 2.14. The van der Waals surface area contributed by atoms with Crippen LogP contribution in [0.5, 0.6) is 0 Å². The Balaban J connectivity index is 2.41. The molecule has 1 heterocycles. The molecule has 4 nitrogen and oxygen atoms in total. The maximum atomic E-state index is 11.0. The predicted molar refractivity (Wildman–Crippen MR) is 64.1 cm³/mol. The molecule has 82 valence electrons. The van der Waals surface area contributed by atoms with Crippen LogP contribution >= 0.6 is 11.8 Å². The molecule has 0 aliphatic carbocycles. The van der Waals surface area contributed by atoms with E-state index in [-0.39, 0.29) is 11.2 Å². The van der Waals surface area contributed by atoms with E-state index in [9.17, 15) is 4.79 Å². The molecule has 0 saturated heterocycles. The minimum Gasteiger partial charge on any atom is -0.369 e. The average molecular weight is 233 g/mol. The molecule has 5 heteroatoms. The summed E-state index contributed by atoms with van der Waals surface area (Å²) in [4.78, 5) is 19.3. The van der Waals surface area contributed by atoms with Crippen LogP contribution in [0.1, 0.15) is 6.92 Å². The Morgan fingerprint density at radius 3 is 2.88 bits per heavy atom. The molecule has 0 aliphatic rings. The third-order valence-electron chi connectivity index (χ3n) is 2.20. The van der Waals surface area contributed by atoms with E-state index in [0.717, 1.165) is 15.9 Å². The van der Waals surface area contributed by atoms with Crippen LogP contribution in [0, 0.1) is 0 Å². The summed E-state index contributed by atoms with van der Waals surface area (Å²) >= 11 is 1.36. The van der Waals surface area contributed by atoms with E-state index in [1.807, 2.05) is 24.3 Å². The molecule has 2 N–H and O–H groups in total. The van der Waals surface area contributed by atoms with Crippen molar-refractivity contribution in [1.29, 1.82) is 0 Å². The molecule has 1 aromatic carbocycles. The van der Waals surface area contributed by atoms with Crippen molar-refractivity contribution in [3.63, 3.8) is 0 Å². The SMILES string of the molecule is C[C@H](Sc1ncnc2ccccc12)C(N)=O. The number of benzene rings is 1. The number of rotatable bonds is 3. The van der Waals surface area contributed by atoms with Gasteiger partial charge in [-0.2, -0.15) is 0 Å². The van der Waals surface area contributed by atoms with Gasteiger partial charge in [0.1, 0.15) is 11.4 Å². The smallest absolute Gasteiger partial charge is 0.230 e. The molecule has 0 aliphatic heterocycles. The van der Waals surface area contributed by atoms with E-state index in [1.165, 1.54) is 18.1 Å². The highest BCUT2D eigenvalue weighted by Crippen LogP contribution is 2.27. The van der Waals surface area contributed by atoms with Gasteiger partial charge in [0.15, 0.2) is 0 Å². The van der Waals surface area contributed by atoms with E-state index in [1.54, 1.807) is 6.92 Å². The summed E-state index contributed by atoms with van der Waals surface area (Å²) in [5, 5.41) is 1.44. The molecule has 16 heavy (non-hydrogen) atoms. The molecule has 0 bridgehead atoms. The number of aromatic nitrogens is 2. The molecule has 0 fully saturated rings. The third-order valence-corrected chi connectivity index (χ3v) is 3.33. The number of fused-ring (bicyclic) bond motifs is 1. The Morgan fingerprint density at radius 2 is 2.12 bits per heavy atom. The Kier molecular flexibility index (Phi) is 3.05. The predicted octanol–water partition coefficient (Wildman–Crippen LogP) is 1.60. The molecule has 0 spiro atoms. The van der Waals surface area contributed by atoms with E-state index >= 15 is 0 Å². The summed E-state index contributed by atoms with van der Waals surface area (Å²) in [7, 11) is 0.